The molecule has 0 aliphatic carbocycles. The third-order valence-corrected chi connectivity index (χ3v) is 5.84. The van der Waals surface area contributed by atoms with Crippen molar-refractivity contribution in [3.8, 4) is 0 Å². The van der Waals surface area contributed by atoms with Gasteiger partial charge in [-0.3, -0.25) is 4.90 Å². The number of benzene rings is 2. The largest absolute Gasteiger partial charge is 0.453 e. The molecule has 0 aliphatic heterocycles. The van der Waals surface area contributed by atoms with Crippen LogP contribution in [-0.4, -0.2) is 31.2 Å². The zero-order valence-corrected chi connectivity index (χ0v) is 21.1. The molecule has 0 bridgehead atoms. The zero-order valence-electron chi connectivity index (χ0n) is 21.1. The van der Waals surface area contributed by atoms with Crippen molar-refractivity contribution < 1.29 is 35.9 Å². The van der Waals surface area contributed by atoms with Gasteiger partial charge < -0.3 is 9.64 Å². The lowest BCUT2D eigenvalue weighted by Crippen LogP contribution is -2.32. The van der Waals surface area contributed by atoms with E-state index < -0.39 is 36.1 Å². The minimum absolute atomic E-state index is 0.0509. The Morgan fingerprint density at radius 3 is 1.75 bits per heavy atom. The molecule has 0 radical (unpaired) electrons. The van der Waals surface area contributed by atoms with E-state index in [0.717, 1.165) is 60.3 Å². The second-order valence-electron chi connectivity index (χ2n) is 8.79. The summed E-state index contributed by atoms with van der Waals surface area (Å²) in [5.41, 5.74) is 0.423. The van der Waals surface area contributed by atoms with E-state index in [-0.39, 0.29) is 18.2 Å². The first-order chi connectivity index (χ1) is 16.7. The summed E-state index contributed by atoms with van der Waals surface area (Å²) >= 11 is 0. The summed E-state index contributed by atoms with van der Waals surface area (Å²) < 4.78 is 84.8. The van der Waals surface area contributed by atoms with Gasteiger partial charge in [-0.05, 0) is 73.2 Å². The molecule has 2 aromatic rings. The molecule has 2 aromatic carbocycles. The standard InChI is InChI=1S/C26H32F6N2O2/c1-6-8-33(9-7-2)23-11-18(4)17(3)10-20(23)16-34(24(35)36-5)15-19-12-21(25(27,28)29)14-22(13-19)26(30,31)32/h10-14H,6-9,15-16H2,1-5H3. The molecule has 0 heterocycles. The molecule has 0 atom stereocenters. The average molecular weight is 519 g/mol. The van der Waals surface area contributed by atoms with E-state index in [9.17, 15) is 31.1 Å². The van der Waals surface area contributed by atoms with Crippen LogP contribution in [0.15, 0.2) is 30.3 Å². The maximum atomic E-state index is 13.3. The first-order valence-corrected chi connectivity index (χ1v) is 11.7. The van der Waals surface area contributed by atoms with E-state index >= 15 is 0 Å². The Kier molecular flexibility index (Phi) is 9.68. The molecule has 0 aliphatic rings. The Labute approximate surface area is 207 Å². The number of alkyl halides is 6. The molecule has 200 valence electrons. The van der Waals surface area contributed by atoms with E-state index in [0.29, 0.717) is 12.1 Å². The highest BCUT2D eigenvalue weighted by Crippen LogP contribution is 2.37. The molecule has 0 aromatic heterocycles. The minimum atomic E-state index is -4.98. The van der Waals surface area contributed by atoms with E-state index in [1.165, 1.54) is 0 Å². The number of hydrogen-bond donors (Lipinski definition) is 0. The predicted molar refractivity (Wildman–Crippen MR) is 127 cm³/mol. The first-order valence-electron chi connectivity index (χ1n) is 11.7. The number of anilines is 1. The van der Waals surface area contributed by atoms with Gasteiger partial charge in [0.2, 0.25) is 0 Å². The third-order valence-electron chi connectivity index (χ3n) is 5.84. The van der Waals surface area contributed by atoms with Gasteiger partial charge in [-0.25, -0.2) is 4.79 Å². The topological polar surface area (TPSA) is 32.8 Å². The lowest BCUT2D eigenvalue weighted by molar-refractivity contribution is -0.143. The SMILES string of the molecule is CCCN(CCC)c1cc(C)c(C)cc1CN(Cc1cc(C(F)(F)F)cc(C(F)(F)F)c1)C(=O)OC. The van der Waals surface area contributed by atoms with Crippen LogP contribution in [0, 0.1) is 13.8 Å². The van der Waals surface area contributed by atoms with Crippen molar-refractivity contribution in [1.82, 2.24) is 4.90 Å². The Morgan fingerprint density at radius 1 is 0.806 bits per heavy atom. The van der Waals surface area contributed by atoms with Crippen molar-refractivity contribution in [3.05, 3.63) is 63.7 Å². The van der Waals surface area contributed by atoms with Crippen LogP contribution in [0.5, 0.6) is 0 Å². The van der Waals surface area contributed by atoms with Gasteiger partial charge in [-0.1, -0.05) is 19.9 Å². The Hall–Kier alpha value is -2.91. The molecular weight excluding hydrogens is 486 g/mol. The monoisotopic (exact) mass is 518 g/mol. The summed E-state index contributed by atoms with van der Waals surface area (Å²) in [6.07, 6.45) is -9.07. The van der Waals surface area contributed by atoms with Crippen LogP contribution >= 0.6 is 0 Å². The molecule has 2 rings (SSSR count). The Morgan fingerprint density at radius 2 is 1.31 bits per heavy atom. The minimum Gasteiger partial charge on any atom is -0.453 e. The third kappa shape index (κ3) is 7.54. The predicted octanol–water partition coefficient (Wildman–Crippen LogP) is 7.74. The van der Waals surface area contributed by atoms with Gasteiger partial charge in [0, 0.05) is 25.3 Å². The molecule has 36 heavy (non-hydrogen) atoms. The summed E-state index contributed by atoms with van der Waals surface area (Å²) in [7, 11) is 1.12. The van der Waals surface area contributed by atoms with E-state index in [1.807, 2.05) is 39.8 Å². The quantitative estimate of drug-likeness (QED) is 0.319. The Balaban J connectivity index is 2.56. The number of carbonyl (C=O) groups excluding carboxylic acids is 1. The molecule has 0 saturated heterocycles. The molecular formula is C26H32F6N2O2. The fourth-order valence-electron chi connectivity index (χ4n) is 4.03. The number of nitrogens with zero attached hydrogens (tertiary/aromatic N) is 2. The highest BCUT2D eigenvalue weighted by atomic mass is 19.4. The van der Waals surface area contributed by atoms with Crippen LogP contribution in [-0.2, 0) is 30.2 Å². The van der Waals surface area contributed by atoms with Crippen LogP contribution in [0.25, 0.3) is 0 Å². The van der Waals surface area contributed by atoms with Gasteiger partial charge >= 0.3 is 18.4 Å². The number of carbonyl (C=O) groups is 1. The smallest absolute Gasteiger partial charge is 0.416 e. The summed E-state index contributed by atoms with van der Waals surface area (Å²) in [6, 6.07) is 5.23. The molecule has 0 fully saturated rings. The lowest BCUT2D eigenvalue weighted by Gasteiger charge is -2.30. The van der Waals surface area contributed by atoms with Crippen molar-refractivity contribution in [2.45, 2.75) is 66.0 Å². The normalized spacial score (nSPS) is 12.0. The molecule has 0 spiro atoms. The van der Waals surface area contributed by atoms with Crippen LogP contribution in [0.3, 0.4) is 0 Å². The number of halogens is 6. The number of amides is 1. The van der Waals surface area contributed by atoms with Gasteiger partial charge in [-0.15, -0.1) is 0 Å². The number of ether oxygens (including phenoxy) is 1. The average Bonchev–Trinajstić information content (AvgIpc) is 2.78. The maximum absolute atomic E-state index is 13.3. The molecule has 4 nitrogen and oxygen atoms in total. The first kappa shape index (κ1) is 29.3. The summed E-state index contributed by atoms with van der Waals surface area (Å²) in [4.78, 5) is 15.9. The summed E-state index contributed by atoms with van der Waals surface area (Å²) in [5.74, 6) is 0. The highest BCUT2D eigenvalue weighted by molar-refractivity contribution is 5.68. The number of aryl methyl sites for hydroxylation is 2. The van der Waals surface area contributed by atoms with Crippen molar-refractivity contribution in [3.63, 3.8) is 0 Å². The van der Waals surface area contributed by atoms with Crippen molar-refractivity contribution in [2.75, 3.05) is 25.1 Å². The lowest BCUT2D eigenvalue weighted by atomic mass is 10.0. The van der Waals surface area contributed by atoms with E-state index in [1.54, 1.807) is 0 Å². The second kappa shape index (κ2) is 11.9. The summed E-state index contributed by atoms with van der Waals surface area (Å²) in [5, 5.41) is 0. The van der Waals surface area contributed by atoms with Crippen LogP contribution < -0.4 is 4.90 Å². The van der Waals surface area contributed by atoms with Gasteiger partial charge in [0.25, 0.3) is 0 Å². The van der Waals surface area contributed by atoms with E-state index in [4.69, 9.17) is 4.74 Å². The number of rotatable bonds is 9. The molecule has 0 unspecified atom stereocenters. The van der Waals surface area contributed by atoms with Gasteiger partial charge in [0.15, 0.2) is 0 Å². The number of methoxy groups -OCH3 is 1. The van der Waals surface area contributed by atoms with Crippen LogP contribution in [0.4, 0.5) is 36.8 Å². The molecule has 0 N–H and O–H groups in total. The van der Waals surface area contributed by atoms with Crippen molar-refractivity contribution in [1.29, 1.82) is 0 Å². The second-order valence-corrected chi connectivity index (χ2v) is 8.79. The Bertz CT molecular complexity index is 1010. The molecule has 10 heteroatoms. The van der Waals surface area contributed by atoms with Gasteiger partial charge in [0.05, 0.1) is 24.8 Å². The molecule has 0 saturated carbocycles. The van der Waals surface area contributed by atoms with E-state index in [2.05, 4.69) is 4.90 Å². The maximum Gasteiger partial charge on any atom is 0.416 e. The van der Waals surface area contributed by atoms with Gasteiger partial charge in [0.1, 0.15) is 0 Å². The fraction of sp³-hybridized carbons (Fsp3) is 0.500. The number of hydrogen-bond acceptors (Lipinski definition) is 3. The van der Waals surface area contributed by atoms with Gasteiger partial charge in [-0.2, -0.15) is 26.3 Å². The van der Waals surface area contributed by atoms with Crippen LogP contribution in [0.1, 0.15) is 60.1 Å². The molecule has 1 amide bonds. The highest BCUT2D eigenvalue weighted by Gasteiger charge is 2.37. The zero-order chi connectivity index (χ0) is 27.3. The summed E-state index contributed by atoms with van der Waals surface area (Å²) in [6.45, 7) is 8.90. The fourth-order valence-corrected chi connectivity index (χ4v) is 4.03. The van der Waals surface area contributed by atoms with Crippen molar-refractivity contribution in [2.24, 2.45) is 0 Å². The van der Waals surface area contributed by atoms with Crippen molar-refractivity contribution >= 4 is 11.8 Å². The van der Waals surface area contributed by atoms with Crippen LogP contribution in [0.2, 0.25) is 0 Å².